The van der Waals surface area contributed by atoms with Gasteiger partial charge in [0, 0.05) is 12.0 Å². The average Bonchev–Trinajstić information content (AvgIpc) is 2.00. The van der Waals surface area contributed by atoms with Gasteiger partial charge in [-0.3, -0.25) is 4.90 Å². The lowest BCUT2D eigenvalue weighted by molar-refractivity contribution is -0.147. The Balaban J connectivity index is 4.24. The Morgan fingerprint density at radius 3 is 2.13 bits per heavy atom. The Morgan fingerprint density at radius 1 is 1.27 bits per heavy atom. The molecule has 0 aromatic carbocycles. The molecule has 1 atom stereocenters. The minimum Gasteiger partial charge on any atom is -0.303 e. The molecule has 0 aliphatic rings. The van der Waals surface area contributed by atoms with E-state index >= 15 is 0 Å². The average molecular weight is 225 g/mol. The molecule has 5 heteroatoms. The second-order valence-electron chi connectivity index (χ2n) is 4.31. The van der Waals surface area contributed by atoms with Gasteiger partial charge in [-0.1, -0.05) is 20.3 Å². The number of nitrogens with zero attached hydrogens (tertiary/aromatic N) is 1. The number of carbonyl (C=O) groups excluding carboxylic acids is 1. The maximum Gasteiger partial charge on any atom is 0.401 e. The number of rotatable bonds is 6. The van der Waals surface area contributed by atoms with E-state index < -0.39 is 18.1 Å². The quantitative estimate of drug-likeness (QED) is 0.647. The monoisotopic (exact) mass is 225 g/mol. The Labute approximate surface area is 88.4 Å². The maximum atomic E-state index is 12.0. The Hall–Kier alpha value is -0.580. The highest BCUT2D eigenvalue weighted by molar-refractivity contribution is 5.58. The fraction of sp³-hybridized carbons (Fsp3) is 0.900. The zero-order chi connectivity index (χ0) is 12.1. The van der Waals surface area contributed by atoms with Crippen molar-refractivity contribution in [2.75, 3.05) is 20.1 Å². The van der Waals surface area contributed by atoms with Crippen LogP contribution >= 0.6 is 0 Å². The summed E-state index contributed by atoms with van der Waals surface area (Å²) < 4.78 is 36.1. The van der Waals surface area contributed by atoms with E-state index in [0.717, 1.165) is 17.6 Å². The molecule has 90 valence electrons. The second-order valence-corrected chi connectivity index (χ2v) is 4.31. The third kappa shape index (κ3) is 6.49. The summed E-state index contributed by atoms with van der Waals surface area (Å²) >= 11 is 0. The van der Waals surface area contributed by atoms with Crippen LogP contribution in [0.3, 0.4) is 0 Å². The molecular weight excluding hydrogens is 207 g/mol. The molecule has 0 amide bonds. The third-order valence-corrected chi connectivity index (χ3v) is 2.19. The molecular formula is C10H18F3NO. The zero-order valence-electron chi connectivity index (χ0n) is 9.40. The van der Waals surface area contributed by atoms with Crippen LogP contribution in [0.25, 0.3) is 0 Å². The van der Waals surface area contributed by atoms with Crippen molar-refractivity contribution in [3.05, 3.63) is 0 Å². The molecule has 0 N–H and O–H groups in total. The Morgan fingerprint density at radius 2 is 1.80 bits per heavy atom. The highest BCUT2D eigenvalue weighted by Gasteiger charge is 2.32. The standard InChI is InChI=1S/C10H18F3NO/c1-4-5-9(2,8-15)6-14(3)7-10(11,12)13/h8H,4-7H2,1-3H3. The zero-order valence-corrected chi connectivity index (χ0v) is 9.40. The van der Waals surface area contributed by atoms with Crippen LogP contribution in [-0.2, 0) is 4.79 Å². The van der Waals surface area contributed by atoms with Crippen LogP contribution in [0.5, 0.6) is 0 Å². The minimum atomic E-state index is -4.20. The lowest BCUT2D eigenvalue weighted by Crippen LogP contribution is -2.39. The van der Waals surface area contributed by atoms with E-state index in [0.29, 0.717) is 6.42 Å². The summed E-state index contributed by atoms with van der Waals surface area (Å²) in [6, 6.07) is 0. The van der Waals surface area contributed by atoms with Gasteiger partial charge in [0.05, 0.1) is 6.54 Å². The summed E-state index contributed by atoms with van der Waals surface area (Å²) in [5, 5.41) is 0. The van der Waals surface area contributed by atoms with Gasteiger partial charge in [0.1, 0.15) is 6.29 Å². The van der Waals surface area contributed by atoms with Crippen LogP contribution in [0.1, 0.15) is 26.7 Å². The van der Waals surface area contributed by atoms with E-state index in [1.807, 2.05) is 6.92 Å². The largest absolute Gasteiger partial charge is 0.401 e. The van der Waals surface area contributed by atoms with Gasteiger partial charge in [0.2, 0.25) is 0 Å². The summed E-state index contributed by atoms with van der Waals surface area (Å²) in [4.78, 5) is 12.0. The van der Waals surface area contributed by atoms with Gasteiger partial charge in [0.25, 0.3) is 0 Å². The number of alkyl halides is 3. The normalized spacial score (nSPS) is 16.5. The van der Waals surface area contributed by atoms with Gasteiger partial charge in [-0.15, -0.1) is 0 Å². The van der Waals surface area contributed by atoms with Crippen LogP contribution in [0, 0.1) is 5.41 Å². The number of hydrogen-bond donors (Lipinski definition) is 0. The van der Waals surface area contributed by atoms with Gasteiger partial charge in [-0.2, -0.15) is 13.2 Å². The van der Waals surface area contributed by atoms with Crippen LogP contribution in [0.15, 0.2) is 0 Å². The topological polar surface area (TPSA) is 20.3 Å². The molecule has 1 unspecified atom stereocenters. The summed E-state index contributed by atoms with van der Waals surface area (Å²) in [6.07, 6.45) is -2.05. The van der Waals surface area contributed by atoms with Crippen LogP contribution < -0.4 is 0 Å². The van der Waals surface area contributed by atoms with Crippen molar-refractivity contribution in [3.63, 3.8) is 0 Å². The van der Waals surface area contributed by atoms with Crippen molar-refractivity contribution in [1.29, 1.82) is 0 Å². The smallest absolute Gasteiger partial charge is 0.303 e. The van der Waals surface area contributed by atoms with Gasteiger partial charge < -0.3 is 4.79 Å². The first-order valence-corrected chi connectivity index (χ1v) is 4.94. The first kappa shape index (κ1) is 14.4. The first-order valence-electron chi connectivity index (χ1n) is 4.94. The molecule has 0 aromatic rings. The minimum absolute atomic E-state index is 0.143. The summed E-state index contributed by atoms with van der Waals surface area (Å²) in [6.45, 7) is 2.77. The molecule has 0 fully saturated rings. The van der Waals surface area contributed by atoms with E-state index in [1.165, 1.54) is 7.05 Å². The number of halogens is 3. The molecule has 0 aliphatic carbocycles. The molecule has 0 aliphatic heterocycles. The summed E-state index contributed by atoms with van der Waals surface area (Å²) in [5.74, 6) is 0. The predicted molar refractivity (Wildman–Crippen MR) is 52.6 cm³/mol. The van der Waals surface area contributed by atoms with Crippen LogP contribution in [0.4, 0.5) is 13.2 Å². The van der Waals surface area contributed by atoms with Crippen LogP contribution in [0.2, 0.25) is 0 Å². The molecule has 0 spiro atoms. The van der Waals surface area contributed by atoms with Gasteiger partial charge in [-0.05, 0) is 13.5 Å². The Kier molecular flexibility index (Phi) is 5.28. The highest BCUT2D eigenvalue weighted by Crippen LogP contribution is 2.23. The van der Waals surface area contributed by atoms with Crippen molar-refractivity contribution in [2.24, 2.45) is 5.41 Å². The molecule has 0 aromatic heterocycles. The van der Waals surface area contributed by atoms with Crippen molar-refractivity contribution in [3.8, 4) is 0 Å². The summed E-state index contributed by atoms with van der Waals surface area (Å²) in [7, 11) is 1.38. The maximum absolute atomic E-state index is 12.0. The molecule has 0 saturated carbocycles. The van der Waals surface area contributed by atoms with Gasteiger partial charge in [-0.25, -0.2) is 0 Å². The van der Waals surface area contributed by atoms with E-state index in [2.05, 4.69) is 0 Å². The molecule has 15 heavy (non-hydrogen) atoms. The van der Waals surface area contributed by atoms with Crippen molar-refractivity contribution < 1.29 is 18.0 Å². The number of carbonyl (C=O) groups is 1. The lowest BCUT2D eigenvalue weighted by Gasteiger charge is -2.29. The van der Waals surface area contributed by atoms with E-state index in [-0.39, 0.29) is 6.54 Å². The molecule has 2 nitrogen and oxygen atoms in total. The predicted octanol–water partition coefficient (Wildman–Crippen LogP) is 2.49. The third-order valence-electron chi connectivity index (χ3n) is 2.19. The Bertz CT molecular complexity index is 205. The van der Waals surface area contributed by atoms with Crippen molar-refractivity contribution in [2.45, 2.75) is 32.9 Å². The molecule has 0 rings (SSSR count). The molecule has 0 saturated heterocycles. The second kappa shape index (κ2) is 5.49. The summed E-state index contributed by atoms with van der Waals surface area (Å²) in [5.41, 5.74) is -0.672. The fourth-order valence-electron chi connectivity index (χ4n) is 1.72. The van der Waals surface area contributed by atoms with Gasteiger partial charge >= 0.3 is 6.18 Å². The van der Waals surface area contributed by atoms with Crippen LogP contribution in [-0.4, -0.2) is 37.5 Å². The van der Waals surface area contributed by atoms with Crippen molar-refractivity contribution >= 4 is 6.29 Å². The molecule has 0 heterocycles. The van der Waals surface area contributed by atoms with E-state index in [9.17, 15) is 18.0 Å². The molecule has 0 bridgehead atoms. The number of aldehydes is 1. The van der Waals surface area contributed by atoms with Gasteiger partial charge in [0.15, 0.2) is 0 Å². The van der Waals surface area contributed by atoms with E-state index in [4.69, 9.17) is 0 Å². The number of hydrogen-bond acceptors (Lipinski definition) is 2. The fourth-order valence-corrected chi connectivity index (χ4v) is 1.72. The van der Waals surface area contributed by atoms with Crippen molar-refractivity contribution in [1.82, 2.24) is 4.90 Å². The first-order chi connectivity index (χ1) is 6.72. The SMILES string of the molecule is CCCC(C)(C=O)CN(C)CC(F)(F)F. The molecule has 0 radical (unpaired) electrons. The highest BCUT2D eigenvalue weighted by atomic mass is 19.4. The van der Waals surface area contributed by atoms with E-state index in [1.54, 1.807) is 6.92 Å². The lowest BCUT2D eigenvalue weighted by atomic mass is 9.87.